The number of hydrogen-bond acceptors (Lipinski definition) is 2. The normalized spacial score (nSPS) is 11.9. The summed E-state index contributed by atoms with van der Waals surface area (Å²) in [6.07, 6.45) is 1.49. The summed E-state index contributed by atoms with van der Waals surface area (Å²) in [5, 5.41) is 2.67. The highest BCUT2D eigenvalue weighted by atomic mass is 16.6. The molecule has 0 aliphatic carbocycles. The van der Waals surface area contributed by atoms with Crippen molar-refractivity contribution in [2.24, 2.45) is 0 Å². The van der Waals surface area contributed by atoms with E-state index in [2.05, 4.69) is 12.2 Å². The molecule has 3 nitrogen and oxygen atoms in total. The van der Waals surface area contributed by atoms with Crippen molar-refractivity contribution in [2.75, 3.05) is 5.32 Å². The predicted octanol–water partition coefficient (Wildman–Crippen LogP) is 3.42. The lowest BCUT2D eigenvalue weighted by atomic mass is 10.2. The van der Waals surface area contributed by atoms with Gasteiger partial charge in [0.1, 0.15) is 6.10 Å². The first-order valence-corrected chi connectivity index (χ1v) is 5.25. The van der Waals surface area contributed by atoms with Crippen molar-refractivity contribution in [3.05, 3.63) is 30.3 Å². The summed E-state index contributed by atoms with van der Waals surface area (Å²) in [4.78, 5) is 11.4. The zero-order valence-corrected chi connectivity index (χ0v) is 9.19. The number of rotatable bonds is 4. The molecule has 1 aromatic carbocycles. The largest absolute Gasteiger partial charge is 0.446 e. The van der Waals surface area contributed by atoms with Crippen LogP contribution in [0.2, 0.25) is 0 Å². The molecule has 0 spiro atoms. The van der Waals surface area contributed by atoms with E-state index in [1.54, 1.807) is 0 Å². The van der Waals surface area contributed by atoms with Crippen LogP contribution in [0.25, 0.3) is 0 Å². The number of nitrogens with one attached hydrogen (secondary N) is 1. The maximum absolute atomic E-state index is 11.4. The van der Waals surface area contributed by atoms with E-state index >= 15 is 0 Å². The van der Waals surface area contributed by atoms with Crippen LogP contribution in [0, 0.1) is 0 Å². The smallest absolute Gasteiger partial charge is 0.411 e. The zero-order chi connectivity index (χ0) is 11.1. The van der Waals surface area contributed by atoms with Crippen LogP contribution in [0.4, 0.5) is 10.5 Å². The second-order valence-corrected chi connectivity index (χ2v) is 3.50. The second-order valence-electron chi connectivity index (χ2n) is 3.50. The van der Waals surface area contributed by atoms with Crippen molar-refractivity contribution < 1.29 is 9.53 Å². The molecule has 0 saturated heterocycles. The fraction of sp³-hybridized carbons (Fsp3) is 0.417. The Morgan fingerprint density at radius 1 is 1.40 bits per heavy atom. The molecule has 0 bridgehead atoms. The molecule has 1 N–H and O–H groups in total. The molecule has 1 aromatic rings. The van der Waals surface area contributed by atoms with Crippen LogP contribution in [-0.2, 0) is 4.74 Å². The Labute approximate surface area is 90.4 Å². The van der Waals surface area contributed by atoms with Gasteiger partial charge in [-0.05, 0) is 25.5 Å². The quantitative estimate of drug-likeness (QED) is 0.821. The van der Waals surface area contributed by atoms with Crippen LogP contribution < -0.4 is 5.32 Å². The minimum absolute atomic E-state index is 0.0290. The van der Waals surface area contributed by atoms with Crippen LogP contribution in [0.1, 0.15) is 26.7 Å². The highest BCUT2D eigenvalue weighted by Crippen LogP contribution is 2.07. The number of carbonyl (C=O) groups is 1. The number of hydrogen-bond donors (Lipinski definition) is 1. The van der Waals surface area contributed by atoms with Gasteiger partial charge in [-0.2, -0.15) is 0 Å². The van der Waals surface area contributed by atoms with Crippen LogP contribution in [0.5, 0.6) is 0 Å². The summed E-state index contributed by atoms with van der Waals surface area (Å²) in [6.45, 7) is 3.96. The Balaban J connectivity index is 2.36. The lowest BCUT2D eigenvalue weighted by molar-refractivity contribution is 0.115. The molecule has 1 atom stereocenters. The minimum atomic E-state index is -0.387. The molecule has 0 radical (unpaired) electrons. The van der Waals surface area contributed by atoms with Gasteiger partial charge in [-0.3, -0.25) is 5.32 Å². The summed E-state index contributed by atoms with van der Waals surface area (Å²) in [6, 6.07) is 9.28. The number of para-hydroxylation sites is 1. The topological polar surface area (TPSA) is 38.3 Å². The number of ether oxygens (including phenoxy) is 1. The zero-order valence-electron chi connectivity index (χ0n) is 9.19. The van der Waals surface area contributed by atoms with Gasteiger partial charge in [0.2, 0.25) is 0 Å². The molecule has 82 valence electrons. The Hall–Kier alpha value is -1.51. The number of benzene rings is 1. The van der Waals surface area contributed by atoms with Crippen LogP contribution in [0.3, 0.4) is 0 Å². The molecular formula is C12H17NO2. The Morgan fingerprint density at radius 3 is 2.67 bits per heavy atom. The number of carbonyl (C=O) groups excluding carboxylic acids is 1. The fourth-order valence-electron chi connectivity index (χ4n) is 1.32. The molecule has 0 aliphatic rings. The van der Waals surface area contributed by atoms with Crippen LogP contribution in [0.15, 0.2) is 30.3 Å². The summed E-state index contributed by atoms with van der Waals surface area (Å²) in [5.74, 6) is 0. The summed E-state index contributed by atoms with van der Waals surface area (Å²) in [7, 11) is 0. The van der Waals surface area contributed by atoms with Gasteiger partial charge in [0.15, 0.2) is 0 Å². The molecule has 0 aliphatic heterocycles. The van der Waals surface area contributed by atoms with Gasteiger partial charge in [-0.15, -0.1) is 0 Å². The highest BCUT2D eigenvalue weighted by molar-refractivity contribution is 5.84. The summed E-state index contributed by atoms with van der Waals surface area (Å²) < 4.78 is 5.14. The van der Waals surface area contributed by atoms with Crippen molar-refractivity contribution in [1.82, 2.24) is 0 Å². The van der Waals surface area contributed by atoms with E-state index in [4.69, 9.17) is 4.74 Å². The van der Waals surface area contributed by atoms with Crippen molar-refractivity contribution >= 4 is 11.8 Å². The van der Waals surface area contributed by atoms with Crippen molar-refractivity contribution in [2.45, 2.75) is 32.8 Å². The van der Waals surface area contributed by atoms with Gasteiger partial charge in [0.25, 0.3) is 0 Å². The molecule has 15 heavy (non-hydrogen) atoms. The fourth-order valence-corrected chi connectivity index (χ4v) is 1.32. The van der Waals surface area contributed by atoms with E-state index in [1.165, 1.54) is 0 Å². The third kappa shape index (κ3) is 4.49. The lowest BCUT2D eigenvalue weighted by Crippen LogP contribution is -2.19. The summed E-state index contributed by atoms with van der Waals surface area (Å²) >= 11 is 0. The number of amides is 1. The maximum atomic E-state index is 11.4. The van der Waals surface area contributed by atoms with Gasteiger partial charge >= 0.3 is 6.09 Å². The Bertz CT molecular complexity index is 298. The average Bonchev–Trinajstić information content (AvgIpc) is 2.19. The SMILES string of the molecule is CCC[C@H](C)OC(=O)Nc1ccccc1. The molecule has 1 rings (SSSR count). The maximum Gasteiger partial charge on any atom is 0.411 e. The number of anilines is 1. The summed E-state index contributed by atoms with van der Waals surface area (Å²) in [5.41, 5.74) is 0.756. The van der Waals surface area contributed by atoms with Gasteiger partial charge in [-0.25, -0.2) is 4.79 Å². The average molecular weight is 207 g/mol. The van der Waals surface area contributed by atoms with E-state index < -0.39 is 0 Å². The first-order chi connectivity index (χ1) is 7.22. The first kappa shape index (κ1) is 11.6. The van der Waals surface area contributed by atoms with E-state index in [0.717, 1.165) is 18.5 Å². The van der Waals surface area contributed by atoms with Crippen LogP contribution >= 0.6 is 0 Å². The van der Waals surface area contributed by atoms with Gasteiger partial charge in [-0.1, -0.05) is 31.5 Å². The molecule has 0 heterocycles. The molecule has 0 unspecified atom stereocenters. The highest BCUT2D eigenvalue weighted by Gasteiger charge is 2.07. The molecule has 0 aromatic heterocycles. The molecule has 0 fully saturated rings. The molecule has 1 amide bonds. The van der Waals surface area contributed by atoms with E-state index in [0.29, 0.717) is 0 Å². The first-order valence-electron chi connectivity index (χ1n) is 5.25. The standard InChI is InChI=1S/C12H17NO2/c1-3-7-10(2)15-12(14)13-11-8-5-4-6-9-11/h4-6,8-10H,3,7H2,1-2H3,(H,13,14)/t10-/m0/s1. The third-order valence-corrected chi connectivity index (χ3v) is 2.02. The van der Waals surface area contributed by atoms with Gasteiger partial charge in [0, 0.05) is 5.69 Å². The van der Waals surface area contributed by atoms with Crippen molar-refractivity contribution in [1.29, 1.82) is 0 Å². The molecular weight excluding hydrogens is 190 g/mol. The van der Waals surface area contributed by atoms with Crippen LogP contribution in [-0.4, -0.2) is 12.2 Å². The Kier molecular flexibility index (Phi) is 4.68. The van der Waals surface area contributed by atoms with E-state index in [-0.39, 0.29) is 12.2 Å². The lowest BCUT2D eigenvalue weighted by Gasteiger charge is -2.12. The Morgan fingerprint density at radius 2 is 2.07 bits per heavy atom. The minimum Gasteiger partial charge on any atom is -0.446 e. The molecule has 0 saturated carbocycles. The third-order valence-electron chi connectivity index (χ3n) is 2.02. The van der Waals surface area contributed by atoms with Gasteiger partial charge < -0.3 is 4.74 Å². The van der Waals surface area contributed by atoms with E-state index in [1.807, 2.05) is 37.3 Å². The molecule has 3 heteroatoms. The monoisotopic (exact) mass is 207 g/mol. The van der Waals surface area contributed by atoms with Gasteiger partial charge in [0.05, 0.1) is 0 Å². The predicted molar refractivity (Wildman–Crippen MR) is 60.9 cm³/mol. The van der Waals surface area contributed by atoms with Crippen molar-refractivity contribution in [3.63, 3.8) is 0 Å². The van der Waals surface area contributed by atoms with Crippen molar-refractivity contribution in [3.8, 4) is 0 Å². The van der Waals surface area contributed by atoms with E-state index in [9.17, 15) is 4.79 Å². The second kappa shape index (κ2) is 6.06.